The maximum Gasteiger partial charge on any atom is 0.305 e. The summed E-state index contributed by atoms with van der Waals surface area (Å²) >= 11 is 1.45. The third-order valence-corrected chi connectivity index (χ3v) is 4.10. The Labute approximate surface area is 115 Å². The summed E-state index contributed by atoms with van der Waals surface area (Å²) in [5, 5.41) is 13.6. The average Bonchev–Trinajstić information content (AvgIpc) is 2.92. The lowest BCUT2D eigenvalue weighted by Gasteiger charge is -2.24. The number of rotatable bonds is 5. The SMILES string of the molecule is O=C(O)C[C@H](NC(=O)[C@@H]1CCCOC1)c1cccs1. The van der Waals surface area contributed by atoms with Crippen LogP contribution in [0.15, 0.2) is 17.5 Å². The topological polar surface area (TPSA) is 75.6 Å². The van der Waals surface area contributed by atoms with Crippen LogP contribution in [-0.4, -0.2) is 30.2 Å². The molecule has 6 heteroatoms. The number of hydrogen-bond acceptors (Lipinski definition) is 4. The lowest BCUT2D eigenvalue weighted by Crippen LogP contribution is -2.38. The molecule has 2 N–H and O–H groups in total. The molecule has 1 amide bonds. The van der Waals surface area contributed by atoms with Crippen molar-refractivity contribution in [3.63, 3.8) is 0 Å². The molecule has 19 heavy (non-hydrogen) atoms. The van der Waals surface area contributed by atoms with Crippen molar-refractivity contribution in [3.8, 4) is 0 Å². The maximum absolute atomic E-state index is 12.1. The monoisotopic (exact) mass is 283 g/mol. The van der Waals surface area contributed by atoms with Crippen molar-refractivity contribution < 1.29 is 19.4 Å². The van der Waals surface area contributed by atoms with Gasteiger partial charge in [-0.15, -0.1) is 11.3 Å². The zero-order valence-corrected chi connectivity index (χ0v) is 11.3. The lowest BCUT2D eigenvalue weighted by atomic mass is 10.0. The van der Waals surface area contributed by atoms with Crippen LogP contribution in [0.5, 0.6) is 0 Å². The first-order valence-electron chi connectivity index (χ1n) is 6.30. The fourth-order valence-electron chi connectivity index (χ4n) is 2.12. The molecule has 2 rings (SSSR count). The third kappa shape index (κ3) is 4.04. The Kier molecular flexibility index (Phi) is 4.93. The summed E-state index contributed by atoms with van der Waals surface area (Å²) in [7, 11) is 0. The molecule has 1 aliphatic rings. The number of carbonyl (C=O) groups is 2. The van der Waals surface area contributed by atoms with Crippen LogP contribution in [0.25, 0.3) is 0 Å². The summed E-state index contributed by atoms with van der Waals surface area (Å²) in [6.07, 6.45) is 1.58. The number of thiophene rings is 1. The molecule has 0 radical (unpaired) electrons. The second-order valence-corrected chi connectivity index (χ2v) is 5.57. The highest BCUT2D eigenvalue weighted by Gasteiger charge is 2.26. The minimum absolute atomic E-state index is 0.0974. The maximum atomic E-state index is 12.1. The number of hydrogen-bond donors (Lipinski definition) is 2. The molecule has 2 atom stereocenters. The number of carboxylic acids is 1. The van der Waals surface area contributed by atoms with Crippen molar-refractivity contribution in [2.75, 3.05) is 13.2 Å². The third-order valence-electron chi connectivity index (χ3n) is 3.11. The van der Waals surface area contributed by atoms with Crippen LogP contribution in [0.3, 0.4) is 0 Å². The van der Waals surface area contributed by atoms with E-state index in [1.54, 1.807) is 0 Å². The Morgan fingerprint density at radius 2 is 2.42 bits per heavy atom. The van der Waals surface area contributed by atoms with Gasteiger partial charge in [0.25, 0.3) is 0 Å². The van der Waals surface area contributed by atoms with E-state index in [1.165, 1.54) is 11.3 Å². The molecule has 1 aromatic heterocycles. The molecule has 104 valence electrons. The Hall–Kier alpha value is -1.40. The van der Waals surface area contributed by atoms with Crippen molar-refractivity contribution >= 4 is 23.2 Å². The Morgan fingerprint density at radius 3 is 3.00 bits per heavy atom. The minimum atomic E-state index is -0.918. The molecular formula is C13H17NO4S. The average molecular weight is 283 g/mol. The zero-order valence-electron chi connectivity index (χ0n) is 10.5. The van der Waals surface area contributed by atoms with Crippen LogP contribution in [0.1, 0.15) is 30.2 Å². The predicted octanol–water partition coefficient (Wildman–Crippen LogP) is 1.81. The summed E-state index contributed by atoms with van der Waals surface area (Å²) in [5.74, 6) is -1.19. The van der Waals surface area contributed by atoms with Gasteiger partial charge in [-0.2, -0.15) is 0 Å². The fraction of sp³-hybridized carbons (Fsp3) is 0.538. The van der Waals surface area contributed by atoms with E-state index in [-0.39, 0.29) is 18.2 Å². The summed E-state index contributed by atoms with van der Waals surface area (Å²) in [6, 6.07) is 3.24. The van der Waals surface area contributed by atoms with Crippen molar-refractivity contribution in [1.29, 1.82) is 0 Å². The van der Waals surface area contributed by atoms with Gasteiger partial charge in [-0.1, -0.05) is 6.07 Å². The van der Waals surface area contributed by atoms with Crippen LogP contribution in [0.4, 0.5) is 0 Å². The molecule has 2 heterocycles. The van der Waals surface area contributed by atoms with Crippen molar-refractivity contribution in [2.45, 2.75) is 25.3 Å². The van der Waals surface area contributed by atoms with Gasteiger partial charge in [-0.25, -0.2) is 0 Å². The van der Waals surface area contributed by atoms with Gasteiger partial charge < -0.3 is 15.2 Å². The quantitative estimate of drug-likeness (QED) is 0.864. The number of aliphatic carboxylic acids is 1. The van der Waals surface area contributed by atoms with Crippen molar-refractivity contribution in [1.82, 2.24) is 5.32 Å². The number of amides is 1. The van der Waals surface area contributed by atoms with Gasteiger partial charge in [0.15, 0.2) is 0 Å². The molecule has 1 aromatic rings. The van der Waals surface area contributed by atoms with Gasteiger partial charge >= 0.3 is 5.97 Å². The van der Waals surface area contributed by atoms with Gasteiger partial charge in [0.2, 0.25) is 5.91 Å². The number of carboxylic acid groups (broad SMARTS) is 1. The second kappa shape index (κ2) is 6.68. The summed E-state index contributed by atoms with van der Waals surface area (Å²) < 4.78 is 5.28. The first kappa shape index (κ1) is 14.0. The number of carbonyl (C=O) groups excluding carboxylic acids is 1. The highest BCUT2D eigenvalue weighted by atomic mass is 32.1. The lowest BCUT2D eigenvalue weighted by molar-refractivity contribution is -0.138. The van der Waals surface area contributed by atoms with Gasteiger partial charge in [-0.3, -0.25) is 9.59 Å². The van der Waals surface area contributed by atoms with E-state index >= 15 is 0 Å². The first-order chi connectivity index (χ1) is 9.16. The predicted molar refractivity (Wildman–Crippen MR) is 71.0 cm³/mol. The fourth-order valence-corrected chi connectivity index (χ4v) is 2.90. The Balaban J connectivity index is 1.99. The van der Waals surface area contributed by atoms with E-state index in [9.17, 15) is 9.59 Å². The number of ether oxygens (including phenoxy) is 1. The molecular weight excluding hydrogens is 266 g/mol. The van der Waals surface area contributed by atoms with Gasteiger partial charge in [0.1, 0.15) is 0 Å². The van der Waals surface area contributed by atoms with Crippen molar-refractivity contribution in [3.05, 3.63) is 22.4 Å². The Morgan fingerprint density at radius 1 is 1.58 bits per heavy atom. The van der Waals surface area contributed by atoms with Crippen molar-refractivity contribution in [2.24, 2.45) is 5.92 Å². The van der Waals surface area contributed by atoms with E-state index in [0.717, 1.165) is 17.7 Å². The van der Waals surface area contributed by atoms with Gasteiger partial charge in [-0.05, 0) is 24.3 Å². The van der Waals surface area contributed by atoms with Crippen LogP contribution in [0.2, 0.25) is 0 Å². The molecule has 0 saturated carbocycles. The van der Waals surface area contributed by atoms with Crippen LogP contribution < -0.4 is 5.32 Å². The molecule has 0 aliphatic carbocycles. The molecule has 0 spiro atoms. The van der Waals surface area contributed by atoms with Crippen LogP contribution >= 0.6 is 11.3 Å². The minimum Gasteiger partial charge on any atom is -0.481 e. The Bertz CT molecular complexity index is 426. The van der Waals surface area contributed by atoms with Gasteiger partial charge in [0, 0.05) is 11.5 Å². The molecule has 0 unspecified atom stereocenters. The highest BCUT2D eigenvalue weighted by molar-refractivity contribution is 7.10. The molecule has 1 aliphatic heterocycles. The normalized spacial score (nSPS) is 20.7. The number of nitrogens with one attached hydrogen (secondary N) is 1. The smallest absolute Gasteiger partial charge is 0.305 e. The second-order valence-electron chi connectivity index (χ2n) is 4.59. The molecule has 0 aromatic carbocycles. The highest BCUT2D eigenvalue weighted by Crippen LogP contribution is 2.23. The van der Waals surface area contributed by atoms with E-state index in [2.05, 4.69) is 5.32 Å². The van der Waals surface area contributed by atoms with E-state index in [0.29, 0.717) is 13.2 Å². The molecule has 5 nitrogen and oxygen atoms in total. The summed E-state index contributed by atoms with van der Waals surface area (Å²) in [4.78, 5) is 23.9. The van der Waals surface area contributed by atoms with Crippen LogP contribution in [-0.2, 0) is 14.3 Å². The van der Waals surface area contributed by atoms with E-state index in [4.69, 9.17) is 9.84 Å². The van der Waals surface area contributed by atoms with Crippen LogP contribution in [0, 0.1) is 5.92 Å². The largest absolute Gasteiger partial charge is 0.481 e. The molecule has 1 fully saturated rings. The zero-order chi connectivity index (χ0) is 13.7. The molecule has 0 bridgehead atoms. The van der Waals surface area contributed by atoms with E-state index < -0.39 is 12.0 Å². The summed E-state index contributed by atoms with van der Waals surface area (Å²) in [6.45, 7) is 1.13. The standard InChI is InChI=1S/C13H17NO4S/c15-12(16)7-10(11-4-2-6-19-11)14-13(17)9-3-1-5-18-8-9/h2,4,6,9-10H,1,3,5,7-8H2,(H,14,17)(H,15,16)/t9-,10+/m1/s1. The first-order valence-corrected chi connectivity index (χ1v) is 7.18. The molecule has 1 saturated heterocycles. The van der Waals surface area contributed by atoms with E-state index in [1.807, 2.05) is 17.5 Å². The van der Waals surface area contributed by atoms with Gasteiger partial charge in [0.05, 0.1) is 25.0 Å². The summed E-state index contributed by atoms with van der Waals surface area (Å²) in [5.41, 5.74) is 0.